The van der Waals surface area contributed by atoms with E-state index < -0.39 is 17.4 Å². The molecule has 0 saturated carbocycles. The van der Waals surface area contributed by atoms with Crippen molar-refractivity contribution in [3.8, 4) is 5.75 Å². The molecule has 0 amide bonds. The zero-order chi connectivity index (χ0) is 14.1. The number of aliphatic hydroxyl groups excluding tert-OH is 1. The minimum Gasteiger partial charge on any atom is -0.507 e. The van der Waals surface area contributed by atoms with Gasteiger partial charge in [0, 0.05) is 23.6 Å². The summed E-state index contributed by atoms with van der Waals surface area (Å²) < 4.78 is 0. The Kier molecular flexibility index (Phi) is 3.98. The molecule has 0 aliphatic heterocycles. The normalized spacial score (nSPS) is 13.4. The summed E-state index contributed by atoms with van der Waals surface area (Å²) in [4.78, 5) is 11.2. The van der Waals surface area contributed by atoms with E-state index in [9.17, 15) is 15.0 Å². The van der Waals surface area contributed by atoms with E-state index in [0.717, 1.165) is 0 Å². The van der Waals surface area contributed by atoms with Crippen molar-refractivity contribution in [2.45, 2.75) is 26.8 Å². The van der Waals surface area contributed by atoms with E-state index in [4.69, 9.17) is 10.8 Å². The maximum absolute atomic E-state index is 11.2. The highest BCUT2D eigenvalue weighted by Gasteiger charge is 2.32. The molecule has 0 aliphatic rings. The zero-order valence-corrected chi connectivity index (χ0v) is 10.8. The Hall–Kier alpha value is -1.59. The number of rotatable bonds is 4. The quantitative estimate of drug-likeness (QED) is 0.649. The molecule has 18 heavy (non-hydrogen) atoms. The second-order valence-corrected chi connectivity index (χ2v) is 5.12. The Labute approximate surface area is 106 Å². The maximum atomic E-state index is 11.2. The SMILES string of the molecule is Cc1ccc(C(=O)O)c([C@H](N)C(C)(C)CO)c1O. The number of carbonyl (C=O) groups is 1. The fourth-order valence-corrected chi connectivity index (χ4v) is 1.71. The second kappa shape index (κ2) is 4.96. The molecule has 0 spiro atoms. The summed E-state index contributed by atoms with van der Waals surface area (Å²) in [7, 11) is 0. The van der Waals surface area contributed by atoms with Gasteiger partial charge in [-0.15, -0.1) is 0 Å². The van der Waals surface area contributed by atoms with Crippen LogP contribution in [0.15, 0.2) is 12.1 Å². The Morgan fingerprint density at radius 1 is 1.44 bits per heavy atom. The summed E-state index contributed by atoms with van der Waals surface area (Å²) >= 11 is 0. The van der Waals surface area contributed by atoms with Gasteiger partial charge in [0.1, 0.15) is 5.75 Å². The monoisotopic (exact) mass is 253 g/mol. The summed E-state index contributed by atoms with van der Waals surface area (Å²) in [5.74, 6) is -1.27. The minimum absolute atomic E-state index is 0.0351. The predicted octanol–water partition coefficient (Wildman–Crippen LogP) is 1.42. The summed E-state index contributed by atoms with van der Waals surface area (Å²) in [6, 6.07) is 2.18. The fraction of sp³-hybridized carbons (Fsp3) is 0.462. The molecule has 0 bridgehead atoms. The number of aromatic carboxylic acids is 1. The Balaban J connectivity index is 3.46. The van der Waals surface area contributed by atoms with Crippen molar-refractivity contribution in [1.29, 1.82) is 0 Å². The molecule has 0 unspecified atom stereocenters. The first-order chi connectivity index (χ1) is 8.22. The largest absolute Gasteiger partial charge is 0.507 e. The van der Waals surface area contributed by atoms with Crippen molar-refractivity contribution in [3.05, 3.63) is 28.8 Å². The van der Waals surface area contributed by atoms with Crippen LogP contribution in [0.4, 0.5) is 0 Å². The number of hydrogen-bond acceptors (Lipinski definition) is 4. The van der Waals surface area contributed by atoms with Gasteiger partial charge in [-0.3, -0.25) is 0 Å². The molecule has 1 atom stereocenters. The van der Waals surface area contributed by atoms with Crippen LogP contribution in [0.5, 0.6) is 5.75 Å². The number of carboxylic acid groups (broad SMARTS) is 1. The van der Waals surface area contributed by atoms with E-state index in [0.29, 0.717) is 5.56 Å². The molecule has 0 heterocycles. The van der Waals surface area contributed by atoms with Crippen molar-refractivity contribution >= 4 is 5.97 Å². The number of hydrogen-bond donors (Lipinski definition) is 4. The van der Waals surface area contributed by atoms with Crippen LogP contribution in [0, 0.1) is 12.3 Å². The first-order valence-electron chi connectivity index (χ1n) is 5.64. The number of nitrogens with two attached hydrogens (primary N) is 1. The molecule has 1 aromatic carbocycles. The molecule has 0 radical (unpaired) electrons. The molecule has 5 nitrogen and oxygen atoms in total. The van der Waals surface area contributed by atoms with Crippen molar-refractivity contribution in [1.82, 2.24) is 0 Å². The first-order valence-corrected chi connectivity index (χ1v) is 5.64. The lowest BCUT2D eigenvalue weighted by Crippen LogP contribution is -2.33. The molecule has 1 aromatic rings. The van der Waals surface area contributed by atoms with Crippen LogP contribution in [0.25, 0.3) is 0 Å². The topological polar surface area (TPSA) is 104 Å². The summed E-state index contributed by atoms with van der Waals surface area (Å²) in [6.45, 7) is 4.89. The fourth-order valence-electron chi connectivity index (χ4n) is 1.71. The van der Waals surface area contributed by atoms with Crippen LogP contribution in [0.3, 0.4) is 0 Å². The van der Waals surface area contributed by atoms with Crippen molar-refractivity contribution < 1.29 is 20.1 Å². The number of phenolic OH excluding ortho intramolecular Hbond substituents is 1. The van der Waals surface area contributed by atoms with E-state index in [-0.39, 0.29) is 23.5 Å². The van der Waals surface area contributed by atoms with Crippen LogP contribution in [-0.2, 0) is 0 Å². The van der Waals surface area contributed by atoms with E-state index in [2.05, 4.69) is 0 Å². The number of benzene rings is 1. The zero-order valence-electron chi connectivity index (χ0n) is 10.8. The van der Waals surface area contributed by atoms with Gasteiger partial charge >= 0.3 is 5.97 Å². The number of aromatic hydroxyl groups is 1. The number of phenols is 1. The third-order valence-corrected chi connectivity index (χ3v) is 3.21. The molecule has 0 aliphatic carbocycles. The van der Waals surface area contributed by atoms with Gasteiger partial charge in [-0.1, -0.05) is 19.9 Å². The highest BCUT2D eigenvalue weighted by molar-refractivity contribution is 5.90. The number of carboxylic acids is 1. The lowest BCUT2D eigenvalue weighted by molar-refractivity contribution is 0.0690. The summed E-state index contributed by atoms with van der Waals surface area (Å²) in [5.41, 5.74) is 5.97. The standard InChI is InChI=1S/C13H19NO4/c1-7-4-5-8(12(17)18)9(10(7)16)11(14)13(2,3)6-15/h4-5,11,15-16H,6,14H2,1-3H3,(H,17,18)/t11-/m0/s1. The van der Waals surface area contributed by atoms with Gasteiger partial charge < -0.3 is 21.1 Å². The number of aliphatic hydroxyl groups is 1. The molecular formula is C13H19NO4. The third-order valence-electron chi connectivity index (χ3n) is 3.21. The maximum Gasteiger partial charge on any atom is 0.336 e. The average Bonchev–Trinajstić information content (AvgIpc) is 2.31. The molecule has 5 heteroatoms. The predicted molar refractivity (Wildman–Crippen MR) is 67.6 cm³/mol. The molecule has 5 N–H and O–H groups in total. The van der Waals surface area contributed by atoms with E-state index in [1.807, 2.05) is 0 Å². The van der Waals surface area contributed by atoms with E-state index in [1.54, 1.807) is 20.8 Å². The van der Waals surface area contributed by atoms with Gasteiger partial charge in [0.15, 0.2) is 0 Å². The van der Waals surface area contributed by atoms with Crippen LogP contribution in [0.2, 0.25) is 0 Å². The Morgan fingerprint density at radius 2 is 2.00 bits per heavy atom. The highest BCUT2D eigenvalue weighted by Crippen LogP contribution is 2.38. The molecule has 0 fully saturated rings. The van der Waals surface area contributed by atoms with Crippen molar-refractivity contribution in [3.63, 3.8) is 0 Å². The van der Waals surface area contributed by atoms with Gasteiger partial charge in [-0.2, -0.15) is 0 Å². The van der Waals surface area contributed by atoms with Crippen LogP contribution in [0.1, 0.15) is 41.4 Å². The summed E-state index contributed by atoms with van der Waals surface area (Å²) in [5, 5.41) is 28.5. The molecule has 0 saturated heterocycles. The third kappa shape index (κ3) is 2.47. The minimum atomic E-state index is -1.15. The van der Waals surface area contributed by atoms with Gasteiger partial charge in [-0.25, -0.2) is 4.79 Å². The van der Waals surface area contributed by atoms with Crippen molar-refractivity contribution in [2.24, 2.45) is 11.1 Å². The van der Waals surface area contributed by atoms with Gasteiger partial charge in [0.05, 0.1) is 5.56 Å². The number of aryl methyl sites for hydroxylation is 1. The average molecular weight is 253 g/mol. The van der Waals surface area contributed by atoms with Crippen LogP contribution < -0.4 is 5.73 Å². The Bertz CT molecular complexity index is 468. The molecule has 1 rings (SSSR count). The first kappa shape index (κ1) is 14.5. The lowest BCUT2D eigenvalue weighted by atomic mass is 9.79. The van der Waals surface area contributed by atoms with Gasteiger partial charge in [0.25, 0.3) is 0 Å². The van der Waals surface area contributed by atoms with Gasteiger partial charge in [-0.05, 0) is 18.6 Å². The van der Waals surface area contributed by atoms with Gasteiger partial charge in [0.2, 0.25) is 0 Å². The Morgan fingerprint density at radius 3 is 2.44 bits per heavy atom. The van der Waals surface area contributed by atoms with Crippen LogP contribution >= 0.6 is 0 Å². The summed E-state index contributed by atoms with van der Waals surface area (Å²) in [6.07, 6.45) is 0. The van der Waals surface area contributed by atoms with Crippen molar-refractivity contribution in [2.75, 3.05) is 6.61 Å². The van der Waals surface area contributed by atoms with E-state index >= 15 is 0 Å². The second-order valence-electron chi connectivity index (χ2n) is 5.12. The molecular weight excluding hydrogens is 234 g/mol. The molecule has 100 valence electrons. The lowest BCUT2D eigenvalue weighted by Gasteiger charge is -2.31. The molecule has 0 aromatic heterocycles. The van der Waals surface area contributed by atoms with Crippen LogP contribution in [-0.4, -0.2) is 27.9 Å². The van der Waals surface area contributed by atoms with E-state index in [1.165, 1.54) is 12.1 Å². The smallest absolute Gasteiger partial charge is 0.336 e. The highest BCUT2D eigenvalue weighted by atomic mass is 16.4.